The number of anilines is 1. The van der Waals surface area contributed by atoms with Gasteiger partial charge in [0.05, 0.1) is 11.8 Å². The second-order valence-corrected chi connectivity index (χ2v) is 8.72. The Morgan fingerprint density at radius 1 is 0.968 bits per heavy atom. The standard InChI is InChI=1S/C25H25N3O3/c1-15-7-11-19(12-8-15)26-25(31)27-20(13-16-5-3-2-4-6-16)28-23(29)21-17-9-10-18(14-17)22(21)24(28)30/h2-12,17-18,20-22H,13-14H2,1H3,(H2,26,27,31). The quantitative estimate of drug-likeness (QED) is 0.580. The van der Waals surface area contributed by atoms with E-state index in [1.807, 2.05) is 61.5 Å². The van der Waals surface area contributed by atoms with Crippen LogP contribution in [0.1, 0.15) is 17.5 Å². The normalized spacial score (nSPS) is 26.8. The van der Waals surface area contributed by atoms with Crippen LogP contribution in [0.15, 0.2) is 66.7 Å². The first-order chi connectivity index (χ1) is 15.0. The van der Waals surface area contributed by atoms with Gasteiger partial charge < -0.3 is 10.6 Å². The summed E-state index contributed by atoms with van der Waals surface area (Å²) >= 11 is 0. The Morgan fingerprint density at radius 3 is 2.19 bits per heavy atom. The second kappa shape index (κ2) is 7.69. The van der Waals surface area contributed by atoms with E-state index in [4.69, 9.17) is 0 Å². The van der Waals surface area contributed by atoms with Crippen molar-refractivity contribution in [2.45, 2.75) is 25.9 Å². The summed E-state index contributed by atoms with van der Waals surface area (Å²) in [4.78, 5) is 40.7. The molecule has 1 saturated heterocycles. The summed E-state index contributed by atoms with van der Waals surface area (Å²) in [6, 6.07) is 16.6. The number of hydrogen-bond donors (Lipinski definition) is 2. The highest BCUT2D eigenvalue weighted by molar-refractivity contribution is 6.07. The van der Waals surface area contributed by atoms with Gasteiger partial charge >= 0.3 is 6.03 Å². The fourth-order valence-corrected chi connectivity index (χ4v) is 5.23. The zero-order valence-electron chi connectivity index (χ0n) is 17.3. The molecule has 5 rings (SSSR count). The second-order valence-electron chi connectivity index (χ2n) is 8.72. The van der Waals surface area contributed by atoms with Crippen LogP contribution in [0.3, 0.4) is 0 Å². The summed E-state index contributed by atoms with van der Waals surface area (Å²) in [5.74, 6) is -0.636. The highest BCUT2D eigenvalue weighted by Gasteiger charge is 2.60. The number of carbonyl (C=O) groups excluding carboxylic acids is 3. The number of fused-ring (bicyclic) bond motifs is 5. The van der Waals surface area contributed by atoms with Crippen LogP contribution >= 0.6 is 0 Å². The van der Waals surface area contributed by atoms with Gasteiger partial charge in [0.2, 0.25) is 11.8 Å². The van der Waals surface area contributed by atoms with Gasteiger partial charge in [0.15, 0.2) is 0 Å². The van der Waals surface area contributed by atoms with Crippen molar-refractivity contribution in [3.05, 3.63) is 77.9 Å². The van der Waals surface area contributed by atoms with E-state index < -0.39 is 12.2 Å². The average molecular weight is 415 g/mol. The first kappa shape index (κ1) is 19.5. The van der Waals surface area contributed by atoms with Crippen molar-refractivity contribution >= 4 is 23.5 Å². The molecule has 1 saturated carbocycles. The molecule has 5 atom stereocenters. The molecule has 2 aromatic carbocycles. The van der Waals surface area contributed by atoms with Gasteiger partial charge in [0.1, 0.15) is 6.17 Å². The lowest BCUT2D eigenvalue weighted by Crippen LogP contribution is -2.53. The number of hydrogen-bond acceptors (Lipinski definition) is 3. The number of urea groups is 1. The molecule has 2 bridgehead atoms. The van der Waals surface area contributed by atoms with E-state index in [0.29, 0.717) is 12.1 Å². The molecule has 6 heteroatoms. The molecule has 4 amide bonds. The van der Waals surface area contributed by atoms with Crippen molar-refractivity contribution in [3.63, 3.8) is 0 Å². The molecule has 0 radical (unpaired) electrons. The van der Waals surface area contributed by atoms with E-state index in [9.17, 15) is 14.4 Å². The Labute approximate surface area is 181 Å². The predicted octanol–water partition coefficient (Wildman–Crippen LogP) is 3.49. The molecule has 2 aromatic rings. The third kappa shape index (κ3) is 3.52. The van der Waals surface area contributed by atoms with Crippen LogP contribution in [0.2, 0.25) is 0 Å². The predicted molar refractivity (Wildman–Crippen MR) is 117 cm³/mol. The van der Waals surface area contributed by atoms with Crippen LogP contribution < -0.4 is 10.6 Å². The highest BCUT2D eigenvalue weighted by atomic mass is 16.2. The number of allylic oxidation sites excluding steroid dienone is 2. The van der Waals surface area contributed by atoms with Gasteiger partial charge in [-0.15, -0.1) is 0 Å². The number of carbonyl (C=O) groups is 3. The lowest BCUT2D eigenvalue weighted by molar-refractivity contribution is -0.143. The number of amides is 4. The van der Waals surface area contributed by atoms with Crippen molar-refractivity contribution in [1.82, 2.24) is 10.2 Å². The molecule has 6 nitrogen and oxygen atoms in total. The first-order valence-electron chi connectivity index (χ1n) is 10.7. The van der Waals surface area contributed by atoms with Crippen molar-refractivity contribution in [3.8, 4) is 0 Å². The minimum absolute atomic E-state index is 0.134. The average Bonchev–Trinajstić information content (AvgIpc) is 3.44. The van der Waals surface area contributed by atoms with Crippen molar-refractivity contribution in [2.75, 3.05) is 5.32 Å². The SMILES string of the molecule is Cc1ccc(NC(=O)NC(Cc2ccccc2)N2C(=O)C3C4C=CC(C4)C3C2=O)cc1. The van der Waals surface area contributed by atoms with E-state index in [-0.39, 0.29) is 35.5 Å². The molecule has 31 heavy (non-hydrogen) atoms. The Kier molecular flexibility index (Phi) is 4.85. The number of imide groups is 1. The van der Waals surface area contributed by atoms with Crippen LogP contribution in [-0.4, -0.2) is 28.9 Å². The minimum atomic E-state index is -0.738. The Hall–Kier alpha value is -3.41. The number of benzene rings is 2. The van der Waals surface area contributed by atoms with Gasteiger partial charge in [-0.3, -0.25) is 14.5 Å². The van der Waals surface area contributed by atoms with Gasteiger partial charge in [-0.2, -0.15) is 0 Å². The van der Waals surface area contributed by atoms with E-state index in [1.165, 1.54) is 4.90 Å². The third-order valence-electron chi connectivity index (χ3n) is 6.70. The molecule has 158 valence electrons. The summed E-state index contributed by atoms with van der Waals surface area (Å²) in [6.07, 6.45) is 4.65. The fraction of sp³-hybridized carbons (Fsp3) is 0.320. The highest BCUT2D eigenvalue weighted by Crippen LogP contribution is 2.52. The van der Waals surface area contributed by atoms with Crippen LogP contribution in [-0.2, 0) is 16.0 Å². The van der Waals surface area contributed by atoms with Crippen molar-refractivity contribution in [1.29, 1.82) is 0 Å². The zero-order chi connectivity index (χ0) is 21.5. The molecular formula is C25H25N3O3. The van der Waals surface area contributed by atoms with Gasteiger partial charge in [0.25, 0.3) is 0 Å². The summed E-state index contributed by atoms with van der Waals surface area (Å²) in [6.45, 7) is 1.98. The van der Waals surface area contributed by atoms with E-state index in [0.717, 1.165) is 17.5 Å². The molecule has 2 aliphatic carbocycles. The largest absolute Gasteiger partial charge is 0.320 e. The van der Waals surface area contributed by atoms with Crippen LogP contribution in [0.5, 0.6) is 0 Å². The smallest absolute Gasteiger partial charge is 0.317 e. The van der Waals surface area contributed by atoms with Gasteiger partial charge in [0, 0.05) is 12.1 Å². The maximum Gasteiger partial charge on any atom is 0.320 e. The zero-order valence-corrected chi connectivity index (χ0v) is 17.3. The Morgan fingerprint density at radius 2 is 1.58 bits per heavy atom. The van der Waals surface area contributed by atoms with E-state index in [2.05, 4.69) is 22.8 Å². The Bertz CT molecular complexity index is 1020. The molecule has 1 heterocycles. The summed E-state index contributed by atoms with van der Waals surface area (Å²) in [5.41, 5.74) is 2.69. The topological polar surface area (TPSA) is 78.5 Å². The van der Waals surface area contributed by atoms with Gasteiger partial charge in [-0.1, -0.05) is 60.2 Å². The van der Waals surface area contributed by atoms with Crippen molar-refractivity contribution in [2.24, 2.45) is 23.7 Å². The lowest BCUT2D eigenvalue weighted by Gasteiger charge is -2.29. The summed E-state index contributed by atoms with van der Waals surface area (Å²) in [7, 11) is 0. The van der Waals surface area contributed by atoms with Gasteiger partial charge in [-0.05, 0) is 42.9 Å². The molecule has 2 N–H and O–H groups in total. The van der Waals surface area contributed by atoms with Gasteiger partial charge in [-0.25, -0.2) is 4.79 Å². The molecular weight excluding hydrogens is 390 g/mol. The van der Waals surface area contributed by atoms with Crippen LogP contribution in [0.4, 0.5) is 10.5 Å². The number of aryl methyl sites for hydroxylation is 1. The summed E-state index contributed by atoms with van der Waals surface area (Å²) < 4.78 is 0. The minimum Gasteiger partial charge on any atom is -0.317 e. The maximum atomic E-state index is 13.3. The van der Waals surface area contributed by atoms with Crippen molar-refractivity contribution < 1.29 is 14.4 Å². The monoisotopic (exact) mass is 415 g/mol. The molecule has 0 aromatic heterocycles. The van der Waals surface area contributed by atoms with Crippen LogP contribution in [0, 0.1) is 30.6 Å². The number of likely N-dealkylation sites (tertiary alicyclic amines) is 1. The van der Waals surface area contributed by atoms with Crippen LogP contribution in [0.25, 0.3) is 0 Å². The van der Waals surface area contributed by atoms with E-state index in [1.54, 1.807) is 0 Å². The number of nitrogens with zero attached hydrogens (tertiary/aromatic N) is 1. The molecule has 1 aliphatic heterocycles. The summed E-state index contributed by atoms with van der Waals surface area (Å²) in [5, 5.41) is 5.69. The third-order valence-corrected chi connectivity index (χ3v) is 6.70. The number of rotatable bonds is 5. The number of nitrogens with one attached hydrogen (secondary N) is 2. The molecule has 2 fully saturated rings. The molecule has 0 spiro atoms. The molecule has 5 unspecified atom stereocenters. The fourth-order valence-electron chi connectivity index (χ4n) is 5.23. The van der Waals surface area contributed by atoms with E-state index >= 15 is 0 Å². The maximum absolute atomic E-state index is 13.3. The molecule has 3 aliphatic rings. The Balaban J connectivity index is 1.38. The lowest BCUT2D eigenvalue weighted by atomic mass is 9.85. The first-order valence-corrected chi connectivity index (χ1v) is 10.7.